The van der Waals surface area contributed by atoms with Crippen LogP contribution in [-0.4, -0.2) is 59.9 Å². The van der Waals surface area contributed by atoms with Gasteiger partial charge in [-0.1, -0.05) is 13.8 Å². The predicted molar refractivity (Wildman–Crippen MR) is 131 cm³/mol. The fourth-order valence-corrected chi connectivity index (χ4v) is 4.00. The first-order valence-electron chi connectivity index (χ1n) is 11.6. The number of methoxy groups -OCH3 is 1. The molecule has 0 atom stereocenters. The van der Waals surface area contributed by atoms with Crippen LogP contribution in [0.25, 0.3) is 0 Å². The quantitative estimate of drug-likeness (QED) is 0.424. The standard InChI is InChI=1S/C24H34N6O4/c1-6-34-24(32)17-13-18(30-11-9-16(10-12-30)14-33-5)21(22(25)15(2)3)23(26-17)27-19-7-8-20(31)29(4)28-19/h7-8,13,15-16,25H,6,9-12,14H2,1-5H3,(H,26,27,28). The third-order valence-corrected chi connectivity index (χ3v) is 5.89. The van der Waals surface area contributed by atoms with Gasteiger partial charge in [-0.05, 0) is 43.7 Å². The molecule has 184 valence electrons. The average Bonchev–Trinajstić information content (AvgIpc) is 2.81. The van der Waals surface area contributed by atoms with E-state index in [1.807, 2.05) is 13.8 Å². The van der Waals surface area contributed by atoms with E-state index in [9.17, 15) is 9.59 Å². The van der Waals surface area contributed by atoms with Gasteiger partial charge in [0.05, 0.1) is 17.9 Å². The number of hydrogen-bond acceptors (Lipinski definition) is 9. The van der Waals surface area contributed by atoms with Crippen molar-refractivity contribution >= 4 is 29.0 Å². The van der Waals surface area contributed by atoms with Crippen molar-refractivity contribution in [3.63, 3.8) is 0 Å². The molecule has 1 saturated heterocycles. The first kappa shape index (κ1) is 25.4. The number of hydrogen-bond donors (Lipinski definition) is 2. The molecule has 34 heavy (non-hydrogen) atoms. The molecule has 0 amide bonds. The van der Waals surface area contributed by atoms with Crippen LogP contribution in [0, 0.1) is 17.2 Å². The summed E-state index contributed by atoms with van der Waals surface area (Å²) >= 11 is 0. The molecule has 0 aliphatic carbocycles. The number of aryl methyl sites for hydroxylation is 1. The van der Waals surface area contributed by atoms with E-state index < -0.39 is 5.97 Å². The molecule has 2 aromatic heterocycles. The molecule has 0 unspecified atom stereocenters. The zero-order valence-electron chi connectivity index (χ0n) is 20.6. The van der Waals surface area contributed by atoms with E-state index in [0.717, 1.165) is 38.2 Å². The van der Waals surface area contributed by atoms with E-state index >= 15 is 0 Å². The maximum atomic E-state index is 12.7. The monoisotopic (exact) mass is 470 g/mol. The van der Waals surface area contributed by atoms with Gasteiger partial charge in [-0.15, -0.1) is 0 Å². The van der Waals surface area contributed by atoms with Crippen molar-refractivity contribution in [1.29, 1.82) is 5.41 Å². The van der Waals surface area contributed by atoms with Gasteiger partial charge in [-0.2, -0.15) is 5.10 Å². The maximum absolute atomic E-state index is 12.7. The largest absolute Gasteiger partial charge is 0.461 e. The highest BCUT2D eigenvalue weighted by atomic mass is 16.5. The topological polar surface area (TPSA) is 122 Å². The molecular formula is C24H34N6O4. The molecule has 1 fully saturated rings. The first-order chi connectivity index (χ1) is 16.2. The van der Waals surface area contributed by atoms with E-state index in [2.05, 4.69) is 20.3 Å². The third kappa shape index (κ3) is 5.80. The predicted octanol–water partition coefficient (Wildman–Crippen LogP) is 2.98. The van der Waals surface area contributed by atoms with Crippen molar-refractivity contribution in [3.8, 4) is 0 Å². The van der Waals surface area contributed by atoms with Crippen molar-refractivity contribution in [2.45, 2.75) is 33.6 Å². The van der Waals surface area contributed by atoms with Crippen molar-refractivity contribution in [1.82, 2.24) is 14.8 Å². The molecule has 0 saturated carbocycles. The molecule has 0 spiro atoms. The normalized spacial score (nSPS) is 14.4. The summed E-state index contributed by atoms with van der Waals surface area (Å²) in [5, 5.41) is 16.3. The van der Waals surface area contributed by atoms with Gasteiger partial charge in [0.2, 0.25) is 0 Å². The second-order valence-corrected chi connectivity index (χ2v) is 8.73. The molecule has 2 aromatic rings. The minimum Gasteiger partial charge on any atom is -0.461 e. The number of anilines is 3. The van der Waals surface area contributed by atoms with Gasteiger partial charge in [0, 0.05) is 45.6 Å². The summed E-state index contributed by atoms with van der Waals surface area (Å²) in [6.45, 7) is 8.14. The summed E-state index contributed by atoms with van der Waals surface area (Å²) < 4.78 is 11.8. The van der Waals surface area contributed by atoms with Crippen LogP contribution in [0.5, 0.6) is 0 Å². The lowest BCUT2D eigenvalue weighted by molar-refractivity contribution is 0.0519. The van der Waals surface area contributed by atoms with Gasteiger partial charge < -0.3 is 25.1 Å². The van der Waals surface area contributed by atoms with E-state index in [-0.39, 0.29) is 23.8 Å². The average molecular weight is 471 g/mol. The zero-order chi connectivity index (χ0) is 24.8. The Bertz CT molecular complexity index is 1090. The molecule has 1 aliphatic heterocycles. The number of carbonyl (C=O) groups excluding carboxylic acids is 1. The minimum atomic E-state index is -0.530. The number of piperidine rings is 1. The number of nitrogens with zero attached hydrogens (tertiary/aromatic N) is 4. The van der Waals surface area contributed by atoms with Crippen LogP contribution < -0.4 is 15.8 Å². The lowest BCUT2D eigenvalue weighted by atomic mass is 9.94. The molecule has 1 aliphatic rings. The fraction of sp³-hybridized carbons (Fsp3) is 0.542. The van der Waals surface area contributed by atoms with Crippen LogP contribution in [0.15, 0.2) is 23.0 Å². The minimum absolute atomic E-state index is 0.0753. The molecular weight excluding hydrogens is 436 g/mol. The Morgan fingerprint density at radius 3 is 2.59 bits per heavy atom. The van der Waals surface area contributed by atoms with E-state index in [4.69, 9.17) is 14.9 Å². The second kappa shape index (κ2) is 11.2. The number of esters is 1. The molecule has 3 heterocycles. The maximum Gasteiger partial charge on any atom is 0.357 e. The molecule has 10 nitrogen and oxygen atoms in total. The molecule has 0 radical (unpaired) electrons. The summed E-state index contributed by atoms with van der Waals surface area (Å²) in [6.07, 6.45) is 1.90. The number of carbonyl (C=O) groups is 1. The Kier molecular flexibility index (Phi) is 8.38. The fourth-order valence-electron chi connectivity index (χ4n) is 4.00. The van der Waals surface area contributed by atoms with Gasteiger partial charge in [0.1, 0.15) is 5.82 Å². The highest BCUT2D eigenvalue weighted by Gasteiger charge is 2.28. The van der Waals surface area contributed by atoms with Crippen molar-refractivity contribution in [3.05, 3.63) is 39.8 Å². The highest BCUT2D eigenvalue weighted by Crippen LogP contribution is 2.34. The Morgan fingerprint density at radius 1 is 1.29 bits per heavy atom. The van der Waals surface area contributed by atoms with Gasteiger partial charge in [-0.25, -0.2) is 14.5 Å². The van der Waals surface area contributed by atoms with Crippen LogP contribution in [0.3, 0.4) is 0 Å². The summed E-state index contributed by atoms with van der Waals surface area (Å²) in [5.74, 6) is 0.598. The number of nitrogens with one attached hydrogen (secondary N) is 2. The highest BCUT2D eigenvalue weighted by molar-refractivity contribution is 6.09. The first-order valence-corrected chi connectivity index (χ1v) is 11.6. The van der Waals surface area contributed by atoms with Crippen molar-refractivity contribution < 1.29 is 14.3 Å². The Hall–Kier alpha value is -3.27. The summed E-state index contributed by atoms with van der Waals surface area (Å²) in [7, 11) is 3.27. The van der Waals surface area contributed by atoms with Gasteiger partial charge >= 0.3 is 5.97 Å². The van der Waals surface area contributed by atoms with Crippen LogP contribution in [0.4, 0.5) is 17.3 Å². The number of rotatable bonds is 9. The second-order valence-electron chi connectivity index (χ2n) is 8.73. The summed E-state index contributed by atoms with van der Waals surface area (Å²) in [4.78, 5) is 31.2. The number of pyridine rings is 1. The van der Waals surface area contributed by atoms with Gasteiger partial charge in [0.25, 0.3) is 5.56 Å². The van der Waals surface area contributed by atoms with Crippen LogP contribution in [-0.2, 0) is 16.5 Å². The molecule has 0 aromatic carbocycles. The molecule has 0 bridgehead atoms. The van der Waals surface area contributed by atoms with Gasteiger partial charge in [0.15, 0.2) is 11.5 Å². The van der Waals surface area contributed by atoms with E-state index in [1.165, 1.54) is 10.7 Å². The van der Waals surface area contributed by atoms with E-state index in [0.29, 0.717) is 28.8 Å². The lowest BCUT2D eigenvalue weighted by Crippen LogP contribution is -2.36. The molecule has 10 heteroatoms. The molecule has 3 rings (SSSR count). The summed E-state index contributed by atoms with van der Waals surface area (Å²) in [5.41, 5.74) is 1.69. The summed E-state index contributed by atoms with van der Waals surface area (Å²) in [6, 6.07) is 4.68. The van der Waals surface area contributed by atoms with Gasteiger partial charge in [-0.3, -0.25) is 4.79 Å². The van der Waals surface area contributed by atoms with Crippen molar-refractivity contribution in [2.24, 2.45) is 18.9 Å². The van der Waals surface area contributed by atoms with Crippen LogP contribution in [0.2, 0.25) is 0 Å². The lowest BCUT2D eigenvalue weighted by Gasteiger charge is -2.35. The Labute approximate surface area is 199 Å². The SMILES string of the molecule is CCOC(=O)c1cc(N2CCC(COC)CC2)c(C(=N)C(C)C)c(Nc2ccc(=O)n(C)n2)n1. The Morgan fingerprint density at radius 2 is 2.00 bits per heavy atom. The zero-order valence-corrected chi connectivity index (χ0v) is 20.6. The van der Waals surface area contributed by atoms with Crippen LogP contribution >= 0.6 is 0 Å². The van der Waals surface area contributed by atoms with Crippen LogP contribution in [0.1, 0.15) is 49.7 Å². The van der Waals surface area contributed by atoms with E-state index in [1.54, 1.807) is 33.2 Å². The smallest absolute Gasteiger partial charge is 0.357 e. The number of ether oxygens (including phenoxy) is 2. The third-order valence-electron chi connectivity index (χ3n) is 5.89. The van der Waals surface area contributed by atoms with Crippen molar-refractivity contribution in [2.75, 3.05) is 43.6 Å². The Balaban J connectivity index is 2.12. The number of aromatic nitrogens is 3. The molecule has 2 N–H and O–H groups in total.